The van der Waals surface area contributed by atoms with E-state index in [2.05, 4.69) is 25.7 Å². The zero-order chi connectivity index (χ0) is 16.8. The first kappa shape index (κ1) is 15.2. The number of nitrogens with zero attached hydrogens (tertiary/aromatic N) is 4. The second-order valence-corrected chi connectivity index (χ2v) is 7.38. The van der Waals surface area contributed by atoms with Gasteiger partial charge in [-0.1, -0.05) is 30.3 Å². The van der Waals surface area contributed by atoms with Crippen molar-refractivity contribution < 1.29 is 9.32 Å². The highest BCUT2D eigenvalue weighted by atomic mass is 32.1. The van der Waals surface area contributed by atoms with Crippen molar-refractivity contribution in [1.29, 1.82) is 0 Å². The fourth-order valence-corrected chi connectivity index (χ4v) is 3.30. The number of nitrogens with one attached hydrogen (secondary N) is 1. The highest BCUT2D eigenvalue weighted by Gasteiger charge is 2.28. The molecular weight excluding hydrogens is 326 g/mol. The molecule has 1 amide bonds. The van der Waals surface area contributed by atoms with Crippen molar-refractivity contribution >= 4 is 33.5 Å². The van der Waals surface area contributed by atoms with E-state index < -0.39 is 0 Å². The zero-order valence-corrected chi connectivity index (χ0v) is 14.5. The van der Waals surface area contributed by atoms with Gasteiger partial charge in [-0.2, -0.15) is 0 Å². The average Bonchev–Trinajstić information content (AvgIpc) is 3.19. The second-order valence-electron chi connectivity index (χ2n) is 6.37. The van der Waals surface area contributed by atoms with Crippen LogP contribution in [0.25, 0.3) is 11.1 Å². The third-order valence-electron chi connectivity index (χ3n) is 4.03. The highest BCUT2D eigenvalue weighted by Crippen LogP contribution is 2.40. The Kier molecular flexibility index (Phi) is 3.56. The molecule has 1 fully saturated rings. The van der Waals surface area contributed by atoms with Crippen LogP contribution in [0.15, 0.2) is 10.6 Å². The molecule has 3 aromatic rings. The minimum absolute atomic E-state index is 0.234. The fourth-order valence-electron chi connectivity index (χ4n) is 2.56. The van der Waals surface area contributed by atoms with Crippen LogP contribution in [0.4, 0.5) is 5.13 Å². The fraction of sp³-hybridized carbons (Fsp3) is 0.438. The number of pyridine rings is 1. The number of hydrogen-bond donors (Lipinski definition) is 1. The van der Waals surface area contributed by atoms with Gasteiger partial charge in [0.15, 0.2) is 0 Å². The van der Waals surface area contributed by atoms with Crippen LogP contribution in [0.2, 0.25) is 0 Å². The Morgan fingerprint density at radius 2 is 2.17 bits per heavy atom. The Morgan fingerprint density at radius 1 is 1.38 bits per heavy atom. The van der Waals surface area contributed by atoms with Gasteiger partial charge < -0.3 is 4.52 Å². The van der Waals surface area contributed by atoms with Crippen LogP contribution >= 0.6 is 11.3 Å². The molecule has 0 saturated heterocycles. The molecule has 0 aliphatic heterocycles. The smallest absolute Gasteiger partial charge is 0.259 e. The summed E-state index contributed by atoms with van der Waals surface area (Å²) in [5, 5.41) is 17.0. The molecule has 1 N–H and O–H groups in total. The summed E-state index contributed by atoms with van der Waals surface area (Å²) in [5.74, 6) is 0.463. The number of carbonyl (C=O) groups is 1. The van der Waals surface area contributed by atoms with Crippen LogP contribution in [0, 0.1) is 6.92 Å². The van der Waals surface area contributed by atoms with E-state index in [9.17, 15) is 4.79 Å². The van der Waals surface area contributed by atoms with Gasteiger partial charge in [0.2, 0.25) is 5.13 Å². The number of amides is 1. The molecule has 0 unspecified atom stereocenters. The summed E-state index contributed by atoms with van der Waals surface area (Å²) in [6, 6.07) is 1.85. The van der Waals surface area contributed by atoms with Gasteiger partial charge in [0.25, 0.3) is 11.6 Å². The molecule has 124 valence electrons. The van der Waals surface area contributed by atoms with Crippen LogP contribution in [0.3, 0.4) is 0 Å². The van der Waals surface area contributed by atoms with Crippen molar-refractivity contribution in [3.8, 4) is 0 Å². The molecule has 7 nitrogen and oxygen atoms in total. The average molecular weight is 343 g/mol. The summed E-state index contributed by atoms with van der Waals surface area (Å²) < 4.78 is 5.28. The number of aromatic nitrogens is 4. The molecule has 0 bridgehead atoms. The lowest BCUT2D eigenvalue weighted by Crippen LogP contribution is -2.13. The Balaban J connectivity index is 1.71. The first-order chi connectivity index (χ1) is 11.5. The van der Waals surface area contributed by atoms with Gasteiger partial charge in [-0.05, 0) is 25.8 Å². The van der Waals surface area contributed by atoms with Crippen molar-refractivity contribution in [2.45, 2.75) is 45.4 Å². The van der Waals surface area contributed by atoms with Crippen LogP contribution < -0.4 is 5.32 Å². The molecule has 0 atom stereocenters. The summed E-state index contributed by atoms with van der Waals surface area (Å²) in [6.07, 6.45) is 2.20. The predicted molar refractivity (Wildman–Crippen MR) is 90.5 cm³/mol. The third-order valence-corrected chi connectivity index (χ3v) is 5.17. The molecule has 1 aliphatic carbocycles. The number of carbonyl (C=O) groups excluding carboxylic acids is 1. The summed E-state index contributed by atoms with van der Waals surface area (Å²) in [6.45, 7) is 5.89. The van der Waals surface area contributed by atoms with E-state index in [1.54, 1.807) is 0 Å². The molecule has 0 aromatic carbocycles. The number of anilines is 1. The zero-order valence-electron chi connectivity index (χ0n) is 13.7. The normalized spacial score (nSPS) is 14.5. The molecule has 8 heteroatoms. The molecule has 0 spiro atoms. The number of rotatable bonds is 4. The van der Waals surface area contributed by atoms with E-state index in [1.165, 1.54) is 11.3 Å². The second kappa shape index (κ2) is 5.62. The summed E-state index contributed by atoms with van der Waals surface area (Å²) in [7, 11) is 0. The van der Waals surface area contributed by atoms with E-state index in [4.69, 9.17) is 4.52 Å². The molecule has 3 heterocycles. The SMILES string of the molecule is Cc1noc2nc(C3CC3)cc(C(=O)Nc3nnc(C(C)C)s3)c12. The standard InChI is InChI=1S/C16H17N5O2S/c1-7(2)15-19-20-16(24-15)18-13(22)10-6-11(9-4-5-9)17-14-12(10)8(3)21-23-14/h6-7,9H,4-5H2,1-3H3,(H,18,20,22). The first-order valence-electron chi connectivity index (χ1n) is 7.94. The van der Waals surface area contributed by atoms with Gasteiger partial charge >= 0.3 is 0 Å². The lowest BCUT2D eigenvalue weighted by Gasteiger charge is -2.05. The predicted octanol–water partition coefficient (Wildman–Crippen LogP) is 3.64. The van der Waals surface area contributed by atoms with Crippen molar-refractivity contribution in [3.63, 3.8) is 0 Å². The van der Waals surface area contributed by atoms with Crippen molar-refractivity contribution in [1.82, 2.24) is 20.3 Å². The lowest BCUT2D eigenvalue weighted by molar-refractivity contribution is 0.102. The maximum Gasteiger partial charge on any atom is 0.259 e. The monoisotopic (exact) mass is 343 g/mol. The Hall–Kier alpha value is -2.35. The maximum absolute atomic E-state index is 12.8. The molecular formula is C16H17N5O2S. The van der Waals surface area contributed by atoms with Gasteiger partial charge in [-0.3, -0.25) is 10.1 Å². The summed E-state index contributed by atoms with van der Waals surface area (Å²) >= 11 is 1.39. The lowest BCUT2D eigenvalue weighted by atomic mass is 10.1. The van der Waals surface area contributed by atoms with E-state index >= 15 is 0 Å². The molecule has 0 radical (unpaired) electrons. The molecule has 1 aliphatic rings. The topological polar surface area (TPSA) is 93.8 Å². The maximum atomic E-state index is 12.8. The van der Waals surface area contributed by atoms with Crippen LogP contribution in [0.1, 0.15) is 65.3 Å². The van der Waals surface area contributed by atoms with E-state index in [0.717, 1.165) is 23.5 Å². The molecule has 3 aromatic heterocycles. The van der Waals surface area contributed by atoms with Gasteiger partial charge in [0.1, 0.15) is 5.01 Å². The number of fused-ring (bicyclic) bond motifs is 1. The Bertz CT molecular complexity index is 926. The molecule has 24 heavy (non-hydrogen) atoms. The quantitative estimate of drug-likeness (QED) is 0.777. The largest absolute Gasteiger partial charge is 0.336 e. The summed E-state index contributed by atoms with van der Waals surface area (Å²) in [5.41, 5.74) is 2.50. The molecule has 4 rings (SSSR count). The Morgan fingerprint density at radius 3 is 2.83 bits per heavy atom. The van der Waals surface area contributed by atoms with Gasteiger partial charge in [-0.15, -0.1) is 10.2 Å². The summed E-state index contributed by atoms with van der Waals surface area (Å²) in [4.78, 5) is 17.3. The highest BCUT2D eigenvalue weighted by molar-refractivity contribution is 7.15. The van der Waals surface area contributed by atoms with Crippen molar-refractivity contribution in [2.75, 3.05) is 5.32 Å². The van der Waals surface area contributed by atoms with Crippen molar-refractivity contribution in [2.24, 2.45) is 0 Å². The van der Waals surface area contributed by atoms with Crippen LogP contribution in [-0.4, -0.2) is 26.2 Å². The number of aryl methyl sites for hydroxylation is 1. The number of hydrogen-bond acceptors (Lipinski definition) is 7. The van der Waals surface area contributed by atoms with E-state index in [1.807, 2.05) is 26.8 Å². The minimum atomic E-state index is -0.234. The van der Waals surface area contributed by atoms with Crippen LogP contribution in [-0.2, 0) is 0 Å². The van der Waals surface area contributed by atoms with Crippen molar-refractivity contribution in [3.05, 3.63) is 28.0 Å². The van der Waals surface area contributed by atoms with Gasteiger partial charge in [-0.25, -0.2) is 4.98 Å². The van der Waals surface area contributed by atoms with Gasteiger partial charge in [0.05, 0.1) is 16.6 Å². The van der Waals surface area contributed by atoms with Gasteiger partial charge in [0, 0.05) is 17.5 Å². The Labute approximate surface area is 142 Å². The first-order valence-corrected chi connectivity index (χ1v) is 8.76. The molecule has 1 saturated carbocycles. The minimum Gasteiger partial charge on any atom is -0.336 e. The van der Waals surface area contributed by atoms with E-state index in [-0.39, 0.29) is 11.8 Å². The van der Waals surface area contributed by atoms with E-state index in [0.29, 0.717) is 33.4 Å². The third kappa shape index (κ3) is 2.66. The van der Waals surface area contributed by atoms with Crippen LogP contribution in [0.5, 0.6) is 0 Å².